The largest absolute Gasteiger partial charge is 0.375 e. The number of aromatic nitrogens is 1. The predicted molar refractivity (Wildman–Crippen MR) is 65.4 cm³/mol. The van der Waals surface area contributed by atoms with E-state index >= 15 is 0 Å². The lowest BCUT2D eigenvalue weighted by atomic mass is 9.95. The minimum Gasteiger partial charge on any atom is -0.375 e. The summed E-state index contributed by atoms with van der Waals surface area (Å²) >= 11 is 1.32. The molecule has 0 saturated carbocycles. The molecule has 1 aromatic heterocycles. The van der Waals surface area contributed by atoms with Gasteiger partial charge in [0.05, 0.1) is 0 Å². The number of rotatable bonds is 1. The summed E-state index contributed by atoms with van der Waals surface area (Å²) in [7, 11) is 0. The fourth-order valence-electron chi connectivity index (χ4n) is 2.10. The zero-order valence-corrected chi connectivity index (χ0v) is 10.5. The number of likely N-dealkylation sites (tertiary alicyclic amines) is 1. The average molecular weight is 239 g/mol. The highest BCUT2D eigenvalue weighted by molar-refractivity contribution is 7.13. The highest BCUT2D eigenvalue weighted by atomic mass is 32.1. The standard InChI is InChI=1S/C11H17N3OS/c1-7-3-4-8(2)14(5-7)10(15)9-6-16-11(12)13-9/h6-8H,3-5H2,1-2H3,(H2,12,13). The van der Waals surface area contributed by atoms with Crippen LogP contribution < -0.4 is 5.73 Å². The van der Waals surface area contributed by atoms with E-state index in [1.807, 2.05) is 4.90 Å². The van der Waals surface area contributed by atoms with E-state index in [0.717, 1.165) is 13.0 Å². The summed E-state index contributed by atoms with van der Waals surface area (Å²) in [6.45, 7) is 5.11. The molecule has 1 fully saturated rings. The summed E-state index contributed by atoms with van der Waals surface area (Å²) in [4.78, 5) is 18.2. The predicted octanol–water partition coefficient (Wildman–Crippen LogP) is 1.99. The molecule has 1 amide bonds. The maximum atomic E-state index is 12.2. The Morgan fingerprint density at radius 2 is 2.31 bits per heavy atom. The topological polar surface area (TPSA) is 59.2 Å². The van der Waals surface area contributed by atoms with E-state index in [4.69, 9.17) is 5.73 Å². The second kappa shape index (κ2) is 4.41. The van der Waals surface area contributed by atoms with Crippen LogP contribution in [0, 0.1) is 5.92 Å². The van der Waals surface area contributed by atoms with E-state index in [9.17, 15) is 4.79 Å². The molecule has 2 unspecified atom stereocenters. The van der Waals surface area contributed by atoms with Crippen molar-refractivity contribution in [3.63, 3.8) is 0 Å². The van der Waals surface area contributed by atoms with Gasteiger partial charge in [0.2, 0.25) is 0 Å². The van der Waals surface area contributed by atoms with Crippen LogP contribution in [0.15, 0.2) is 5.38 Å². The molecule has 2 atom stereocenters. The van der Waals surface area contributed by atoms with Crippen molar-refractivity contribution in [1.29, 1.82) is 0 Å². The van der Waals surface area contributed by atoms with E-state index in [-0.39, 0.29) is 5.91 Å². The first kappa shape index (κ1) is 11.4. The number of piperidine rings is 1. The fraction of sp³-hybridized carbons (Fsp3) is 0.636. The lowest BCUT2D eigenvalue weighted by molar-refractivity contribution is 0.0569. The van der Waals surface area contributed by atoms with Crippen molar-refractivity contribution in [1.82, 2.24) is 9.88 Å². The Balaban J connectivity index is 2.14. The third-order valence-electron chi connectivity index (χ3n) is 3.12. The smallest absolute Gasteiger partial charge is 0.273 e. The fourth-order valence-corrected chi connectivity index (χ4v) is 2.64. The molecule has 1 saturated heterocycles. The van der Waals surface area contributed by atoms with Gasteiger partial charge in [-0.1, -0.05) is 6.92 Å². The van der Waals surface area contributed by atoms with E-state index in [1.165, 1.54) is 17.8 Å². The lowest BCUT2D eigenvalue weighted by Crippen LogP contribution is -2.45. The van der Waals surface area contributed by atoms with Crippen molar-refractivity contribution in [3.8, 4) is 0 Å². The van der Waals surface area contributed by atoms with Gasteiger partial charge < -0.3 is 10.6 Å². The van der Waals surface area contributed by atoms with Crippen LogP contribution in [0.4, 0.5) is 5.13 Å². The Kier molecular flexibility index (Phi) is 3.14. The van der Waals surface area contributed by atoms with Crippen molar-refractivity contribution in [3.05, 3.63) is 11.1 Å². The van der Waals surface area contributed by atoms with Gasteiger partial charge in [-0.3, -0.25) is 4.79 Å². The van der Waals surface area contributed by atoms with E-state index < -0.39 is 0 Å². The lowest BCUT2D eigenvalue weighted by Gasteiger charge is -2.36. The summed E-state index contributed by atoms with van der Waals surface area (Å²) in [5.41, 5.74) is 6.03. The van der Waals surface area contributed by atoms with Crippen molar-refractivity contribution in [2.75, 3.05) is 12.3 Å². The number of nitrogens with two attached hydrogens (primary N) is 1. The Bertz CT molecular complexity index is 390. The molecular formula is C11H17N3OS. The van der Waals surface area contributed by atoms with Gasteiger partial charge >= 0.3 is 0 Å². The maximum absolute atomic E-state index is 12.2. The monoisotopic (exact) mass is 239 g/mol. The first-order chi connectivity index (χ1) is 7.58. The maximum Gasteiger partial charge on any atom is 0.273 e. The van der Waals surface area contributed by atoms with Crippen LogP contribution in [-0.2, 0) is 0 Å². The molecule has 0 bridgehead atoms. The summed E-state index contributed by atoms with van der Waals surface area (Å²) in [5.74, 6) is 0.600. The molecule has 5 heteroatoms. The van der Waals surface area contributed by atoms with Crippen LogP contribution in [0.25, 0.3) is 0 Å². The molecule has 2 heterocycles. The van der Waals surface area contributed by atoms with Crippen LogP contribution in [0.5, 0.6) is 0 Å². The number of anilines is 1. The number of hydrogen-bond acceptors (Lipinski definition) is 4. The number of nitrogens with zero attached hydrogens (tertiary/aromatic N) is 2. The van der Waals surface area contributed by atoms with Crippen LogP contribution in [-0.4, -0.2) is 28.4 Å². The molecule has 1 aromatic rings. The second-order valence-electron chi connectivity index (χ2n) is 4.56. The molecule has 88 valence electrons. The van der Waals surface area contributed by atoms with Crippen molar-refractivity contribution >= 4 is 22.4 Å². The second-order valence-corrected chi connectivity index (χ2v) is 5.45. The van der Waals surface area contributed by atoms with Crippen LogP contribution in [0.2, 0.25) is 0 Å². The van der Waals surface area contributed by atoms with Gasteiger partial charge in [0.1, 0.15) is 5.69 Å². The number of carbonyl (C=O) groups is 1. The van der Waals surface area contributed by atoms with Crippen LogP contribution >= 0.6 is 11.3 Å². The molecule has 0 aromatic carbocycles. The quantitative estimate of drug-likeness (QED) is 0.815. The Hall–Kier alpha value is -1.10. The van der Waals surface area contributed by atoms with Gasteiger partial charge in [0, 0.05) is 18.0 Å². The van der Waals surface area contributed by atoms with Gasteiger partial charge in [-0.05, 0) is 25.7 Å². The molecule has 0 spiro atoms. The van der Waals surface area contributed by atoms with Gasteiger partial charge in [-0.15, -0.1) is 11.3 Å². The number of nitrogen functional groups attached to an aromatic ring is 1. The van der Waals surface area contributed by atoms with Gasteiger partial charge in [0.15, 0.2) is 5.13 Å². The normalized spacial score (nSPS) is 25.8. The van der Waals surface area contributed by atoms with Crippen LogP contribution in [0.1, 0.15) is 37.2 Å². The summed E-state index contributed by atoms with van der Waals surface area (Å²) in [5, 5.41) is 2.20. The minimum absolute atomic E-state index is 0.0204. The molecule has 16 heavy (non-hydrogen) atoms. The molecule has 1 aliphatic heterocycles. The van der Waals surface area contributed by atoms with E-state index in [2.05, 4.69) is 18.8 Å². The van der Waals surface area contributed by atoms with E-state index in [0.29, 0.717) is 22.8 Å². The number of hydrogen-bond donors (Lipinski definition) is 1. The molecule has 0 aliphatic carbocycles. The Labute approximate surface area is 99.5 Å². The third-order valence-corrected chi connectivity index (χ3v) is 3.79. The molecule has 1 aliphatic rings. The number of thiazole rings is 1. The van der Waals surface area contributed by atoms with Crippen molar-refractivity contribution in [2.45, 2.75) is 32.7 Å². The van der Waals surface area contributed by atoms with Crippen molar-refractivity contribution in [2.24, 2.45) is 5.92 Å². The van der Waals surface area contributed by atoms with Crippen LogP contribution in [0.3, 0.4) is 0 Å². The first-order valence-corrected chi connectivity index (χ1v) is 6.48. The Morgan fingerprint density at radius 3 is 2.94 bits per heavy atom. The van der Waals surface area contributed by atoms with Gasteiger partial charge in [-0.2, -0.15) is 0 Å². The van der Waals surface area contributed by atoms with Gasteiger partial charge in [-0.25, -0.2) is 4.98 Å². The summed E-state index contributed by atoms with van der Waals surface area (Å²) in [6, 6.07) is 0.312. The molecule has 2 rings (SSSR count). The molecule has 2 N–H and O–H groups in total. The zero-order chi connectivity index (χ0) is 11.7. The minimum atomic E-state index is 0.0204. The summed E-state index contributed by atoms with van der Waals surface area (Å²) in [6.07, 6.45) is 2.27. The average Bonchev–Trinajstić information content (AvgIpc) is 2.67. The number of carbonyl (C=O) groups excluding carboxylic acids is 1. The summed E-state index contributed by atoms with van der Waals surface area (Å²) < 4.78 is 0. The zero-order valence-electron chi connectivity index (χ0n) is 9.64. The third kappa shape index (κ3) is 2.19. The molecular weight excluding hydrogens is 222 g/mol. The first-order valence-electron chi connectivity index (χ1n) is 5.60. The Morgan fingerprint density at radius 1 is 1.56 bits per heavy atom. The molecule has 4 nitrogen and oxygen atoms in total. The highest BCUT2D eigenvalue weighted by Crippen LogP contribution is 2.23. The van der Waals surface area contributed by atoms with E-state index in [1.54, 1.807) is 5.38 Å². The highest BCUT2D eigenvalue weighted by Gasteiger charge is 2.28. The SMILES string of the molecule is CC1CCC(C)N(C(=O)c2csc(N)n2)C1. The number of amides is 1. The van der Waals surface area contributed by atoms with Gasteiger partial charge in [0.25, 0.3) is 5.91 Å². The molecule has 0 radical (unpaired) electrons. The van der Waals surface area contributed by atoms with Crippen molar-refractivity contribution < 1.29 is 4.79 Å².